The summed E-state index contributed by atoms with van der Waals surface area (Å²) in [6, 6.07) is 24.1. The van der Waals surface area contributed by atoms with Crippen LogP contribution in [0.4, 0.5) is 26.3 Å². The maximum atomic E-state index is 15.3. The molecule has 0 N–H and O–H groups in total. The molecule has 0 aliphatic carbocycles. The fourth-order valence-electron chi connectivity index (χ4n) is 5.36. The summed E-state index contributed by atoms with van der Waals surface area (Å²) in [5.74, 6) is 0. The van der Waals surface area contributed by atoms with E-state index in [-0.39, 0.29) is 5.30 Å². The van der Waals surface area contributed by atoms with Crippen molar-refractivity contribution in [3.05, 3.63) is 114 Å². The maximum absolute atomic E-state index is 15.3. The van der Waals surface area contributed by atoms with Gasteiger partial charge >= 0.3 is 12.4 Å². The molecule has 6 rings (SSSR count). The second-order valence-corrected chi connectivity index (χ2v) is 11.7. The van der Waals surface area contributed by atoms with Gasteiger partial charge in [-0.25, -0.2) is 0 Å². The first kappa shape index (κ1) is 24.5. The van der Waals surface area contributed by atoms with E-state index < -0.39 is 41.2 Å². The number of halogens is 6. The van der Waals surface area contributed by atoms with Crippen molar-refractivity contribution >= 4 is 55.4 Å². The summed E-state index contributed by atoms with van der Waals surface area (Å²) in [6.07, 6.45) is -9.88. The zero-order valence-electron chi connectivity index (χ0n) is 19.4. The molecular weight excluding hydrogens is 521 g/mol. The Labute approximate surface area is 213 Å². The van der Waals surface area contributed by atoms with Gasteiger partial charge in [-0.15, -0.1) is 0 Å². The lowest BCUT2D eigenvalue weighted by Gasteiger charge is -2.27. The van der Waals surface area contributed by atoms with Gasteiger partial charge in [0.15, 0.2) is 7.14 Å². The van der Waals surface area contributed by atoms with Gasteiger partial charge in [-0.3, -0.25) is 0 Å². The van der Waals surface area contributed by atoms with Crippen molar-refractivity contribution in [1.29, 1.82) is 0 Å². The lowest BCUT2D eigenvalue weighted by Crippen LogP contribution is -2.33. The number of benzene rings is 6. The first-order valence-corrected chi connectivity index (χ1v) is 13.3. The molecule has 0 spiro atoms. The molecule has 0 aromatic heterocycles. The van der Waals surface area contributed by atoms with Crippen molar-refractivity contribution in [2.45, 2.75) is 12.4 Å². The molecule has 38 heavy (non-hydrogen) atoms. The highest BCUT2D eigenvalue weighted by molar-refractivity contribution is 7.86. The van der Waals surface area contributed by atoms with E-state index in [0.29, 0.717) is 10.8 Å². The number of rotatable bonds is 3. The van der Waals surface area contributed by atoms with Crippen molar-refractivity contribution in [3.63, 3.8) is 0 Å². The van der Waals surface area contributed by atoms with Crippen LogP contribution in [0.25, 0.3) is 32.3 Å². The molecule has 0 heterocycles. The Balaban J connectivity index is 1.82. The van der Waals surface area contributed by atoms with Crippen molar-refractivity contribution in [2.24, 2.45) is 0 Å². The summed E-state index contributed by atoms with van der Waals surface area (Å²) in [6.45, 7) is 0. The lowest BCUT2D eigenvalue weighted by molar-refractivity contribution is -0.137. The molecule has 0 fully saturated rings. The van der Waals surface area contributed by atoms with Crippen LogP contribution in [-0.4, -0.2) is 0 Å². The molecular formula is C30H17F6OP. The van der Waals surface area contributed by atoms with E-state index in [1.807, 2.05) is 30.3 Å². The molecule has 0 saturated heterocycles. The second-order valence-electron chi connectivity index (χ2n) is 9.08. The van der Waals surface area contributed by atoms with E-state index in [9.17, 15) is 26.3 Å². The third-order valence-electron chi connectivity index (χ3n) is 6.94. The van der Waals surface area contributed by atoms with E-state index in [4.69, 9.17) is 0 Å². The Bertz CT molecular complexity index is 1810. The zero-order chi connectivity index (χ0) is 26.9. The largest absolute Gasteiger partial charge is 0.417 e. The van der Waals surface area contributed by atoms with Gasteiger partial charge in [0.1, 0.15) is 0 Å². The predicted molar refractivity (Wildman–Crippen MR) is 140 cm³/mol. The van der Waals surface area contributed by atoms with E-state index in [1.54, 1.807) is 18.2 Å². The minimum absolute atomic E-state index is 0.0725. The van der Waals surface area contributed by atoms with Gasteiger partial charge in [0.25, 0.3) is 0 Å². The van der Waals surface area contributed by atoms with Crippen LogP contribution in [0, 0.1) is 0 Å². The minimum atomic E-state index is -4.94. The number of alkyl halides is 6. The number of hydrogen-bond acceptors (Lipinski definition) is 1. The summed E-state index contributed by atoms with van der Waals surface area (Å²) < 4.78 is 101. The van der Waals surface area contributed by atoms with Crippen LogP contribution in [0.3, 0.4) is 0 Å². The average Bonchev–Trinajstić information content (AvgIpc) is 2.90. The highest BCUT2D eigenvalue weighted by Crippen LogP contribution is 2.51. The highest BCUT2D eigenvalue weighted by atomic mass is 31.2. The lowest BCUT2D eigenvalue weighted by atomic mass is 9.94. The van der Waals surface area contributed by atoms with Gasteiger partial charge in [0.05, 0.1) is 11.1 Å². The molecule has 0 aliphatic heterocycles. The quantitative estimate of drug-likeness (QED) is 0.126. The highest BCUT2D eigenvalue weighted by Gasteiger charge is 2.45. The molecule has 190 valence electrons. The van der Waals surface area contributed by atoms with E-state index in [0.717, 1.165) is 57.9 Å². The third-order valence-corrected chi connectivity index (χ3v) is 10.1. The molecule has 0 radical (unpaired) electrons. The van der Waals surface area contributed by atoms with Crippen LogP contribution in [0.2, 0.25) is 0 Å². The smallest absolute Gasteiger partial charge is 0.309 e. The van der Waals surface area contributed by atoms with Gasteiger partial charge < -0.3 is 4.57 Å². The first-order chi connectivity index (χ1) is 18.0. The maximum Gasteiger partial charge on any atom is 0.417 e. The van der Waals surface area contributed by atoms with Gasteiger partial charge in [0, 0.05) is 15.9 Å². The van der Waals surface area contributed by atoms with Crippen LogP contribution < -0.4 is 15.9 Å². The minimum Gasteiger partial charge on any atom is -0.309 e. The molecule has 0 amide bonds. The Kier molecular flexibility index (Phi) is 5.38. The molecule has 0 saturated carbocycles. The Hall–Kier alpha value is -3.83. The normalized spacial score (nSPS) is 13.1. The second kappa shape index (κ2) is 8.34. The van der Waals surface area contributed by atoms with Crippen LogP contribution in [0.1, 0.15) is 11.1 Å². The Morgan fingerprint density at radius 3 is 1.42 bits per heavy atom. The van der Waals surface area contributed by atoms with Crippen molar-refractivity contribution < 1.29 is 30.9 Å². The predicted octanol–water partition coefficient (Wildman–Crippen LogP) is 8.26. The van der Waals surface area contributed by atoms with Crippen LogP contribution in [0.15, 0.2) is 103 Å². The van der Waals surface area contributed by atoms with Gasteiger partial charge in [-0.1, -0.05) is 84.9 Å². The molecule has 8 heteroatoms. The molecule has 0 bridgehead atoms. The van der Waals surface area contributed by atoms with E-state index in [2.05, 4.69) is 0 Å². The van der Waals surface area contributed by atoms with E-state index >= 15 is 4.57 Å². The Morgan fingerprint density at radius 2 is 0.895 bits per heavy atom. The van der Waals surface area contributed by atoms with Crippen molar-refractivity contribution in [1.82, 2.24) is 0 Å². The van der Waals surface area contributed by atoms with Gasteiger partial charge in [-0.2, -0.15) is 26.3 Å². The third kappa shape index (κ3) is 3.60. The summed E-state index contributed by atoms with van der Waals surface area (Å²) in [5.41, 5.74) is -2.46. The van der Waals surface area contributed by atoms with Crippen LogP contribution >= 0.6 is 7.14 Å². The average molecular weight is 538 g/mol. The monoisotopic (exact) mass is 538 g/mol. The van der Waals surface area contributed by atoms with Gasteiger partial charge in [0.2, 0.25) is 0 Å². The molecule has 0 unspecified atom stereocenters. The summed E-state index contributed by atoms with van der Waals surface area (Å²) in [7, 11) is -4.74. The van der Waals surface area contributed by atoms with Crippen LogP contribution in [0.5, 0.6) is 0 Å². The summed E-state index contributed by atoms with van der Waals surface area (Å²) in [4.78, 5) is 0. The number of hydrogen-bond donors (Lipinski definition) is 0. The summed E-state index contributed by atoms with van der Waals surface area (Å²) in [5, 5.41) is 2.83. The van der Waals surface area contributed by atoms with E-state index in [1.165, 1.54) is 18.2 Å². The molecule has 6 aromatic carbocycles. The zero-order valence-corrected chi connectivity index (χ0v) is 20.3. The first-order valence-electron chi connectivity index (χ1n) is 11.6. The molecule has 0 aliphatic rings. The molecule has 6 aromatic rings. The topological polar surface area (TPSA) is 17.1 Å². The summed E-state index contributed by atoms with van der Waals surface area (Å²) >= 11 is 0. The van der Waals surface area contributed by atoms with Gasteiger partial charge in [-0.05, 0) is 50.5 Å². The Morgan fingerprint density at radius 1 is 0.447 bits per heavy atom. The molecule has 0 atom stereocenters. The van der Waals surface area contributed by atoms with Crippen LogP contribution in [-0.2, 0) is 16.9 Å². The fraction of sp³-hybridized carbons (Fsp3) is 0.0667. The SMILES string of the molecule is O=P(c1ccccc1C(F)(F)F)(c1ccccc1C(F)(F)F)c1ccc2ccc3cccc4ccc1c2c34. The van der Waals surface area contributed by atoms with Crippen molar-refractivity contribution in [3.8, 4) is 0 Å². The van der Waals surface area contributed by atoms with Crippen molar-refractivity contribution in [2.75, 3.05) is 0 Å². The molecule has 1 nitrogen and oxygen atoms in total. The standard InChI is InChI=1S/C30H17F6OP/c31-29(32,33)22-8-1-3-10-25(22)38(37,26-11-4-2-9-23(26)30(34,35)36)24-17-15-20-13-12-18-6-5-7-19-14-16-21(24)28(20)27(18)19/h1-17H. The fourth-order valence-corrected chi connectivity index (χ4v) is 8.62.